The average Bonchev–Trinajstić information content (AvgIpc) is 2.67. The van der Waals surface area contributed by atoms with Crippen LogP contribution in [0.4, 0.5) is 4.39 Å². The Bertz CT molecular complexity index is 1090. The van der Waals surface area contributed by atoms with Crippen molar-refractivity contribution in [3.8, 4) is 11.5 Å². The Balaban J connectivity index is 1.86. The molecule has 0 saturated carbocycles. The highest BCUT2D eigenvalue weighted by Gasteiger charge is 2.15. The molecule has 1 atom stereocenters. The lowest BCUT2D eigenvalue weighted by Gasteiger charge is -2.16. The monoisotopic (exact) mass is 425 g/mol. The molecule has 1 heterocycles. The van der Waals surface area contributed by atoms with Crippen molar-refractivity contribution in [3.05, 3.63) is 61.9 Å². The van der Waals surface area contributed by atoms with Gasteiger partial charge >= 0.3 is 0 Å². The standard InChI is InChI=1S/C19H18Cl2FN3O3/c1-9(10-4-14(22)13(21)6-12(10)20)23-8-18-24-15-7-17(28-3)16(27-2)5-11(15)19(26)25-18/h4-7,9,23H,8H2,1-3H3,(H,24,25,26). The van der Waals surface area contributed by atoms with Crippen LogP contribution in [-0.2, 0) is 6.54 Å². The molecular weight excluding hydrogens is 408 g/mol. The van der Waals surface area contributed by atoms with E-state index >= 15 is 0 Å². The Morgan fingerprint density at radius 3 is 2.50 bits per heavy atom. The van der Waals surface area contributed by atoms with Gasteiger partial charge in [-0.2, -0.15) is 0 Å². The van der Waals surface area contributed by atoms with Gasteiger partial charge in [0.15, 0.2) is 11.5 Å². The smallest absolute Gasteiger partial charge is 0.258 e. The number of nitrogens with one attached hydrogen (secondary N) is 2. The van der Waals surface area contributed by atoms with Crippen LogP contribution in [0.2, 0.25) is 10.0 Å². The van der Waals surface area contributed by atoms with Crippen LogP contribution in [0.5, 0.6) is 11.5 Å². The van der Waals surface area contributed by atoms with Gasteiger partial charge in [-0.3, -0.25) is 4.79 Å². The van der Waals surface area contributed by atoms with E-state index in [1.807, 2.05) is 6.92 Å². The van der Waals surface area contributed by atoms with E-state index in [1.54, 1.807) is 12.1 Å². The Morgan fingerprint density at radius 2 is 1.82 bits per heavy atom. The van der Waals surface area contributed by atoms with E-state index in [2.05, 4.69) is 15.3 Å². The minimum absolute atomic E-state index is 0.0362. The maximum atomic E-state index is 13.7. The first-order valence-electron chi connectivity index (χ1n) is 8.36. The maximum absolute atomic E-state index is 13.7. The van der Waals surface area contributed by atoms with Gasteiger partial charge < -0.3 is 19.8 Å². The van der Waals surface area contributed by atoms with Crippen molar-refractivity contribution in [1.82, 2.24) is 15.3 Å². The largest absolute Gasteiger partial charge is 0.493 e. The quantitative estimate of drug-likeness (QED) is 0.577. The zero-order chi connectivity index (χ0) is 20.4. The van der Waals surface area contributed by atoms with Gasteiger partial charge in [-0.1, -0.05) is 23.2 Å². The molecule has 3 aromatic rings. The van der Waals surface area contributed by atoms with E-state index in [-0.39, 0.29) is 23.2 Å². The number of halogens is 3. The molecule has 0 bridgehead atoms. The lowest BCUT2D eigenvalue weighted by atomic mass is 10.1. The third-order valence-electron chi connectivity index (χ3n) is 4.34. The second kappa shape index (κ2) is 8.34. The van der Waals surface area contributed by atoms with Gasteiger partial charge in [-0.05, 0) is 30.7 Å². The highest BCUT2D eigenvalue weighted by molar-refractivity contribution is 6.35. The molecule has 148 valence electrons. The number of ether oxygens (including phenoxy) is 2. The first-order chi connectivity index (χ1) is 13.3. The lowest BCUT2D eigenvalue weighted by molar-refractivity contribution is 0.355. The molecule has 0 aliphatic rings. The fourth-order valence-corrected chi connectivity index (χ4v) is 3.37. The van der Waals surface area contributed by atoms with Gasteiger partial charge in [0.05, 0.1) is 36.7 Å². The number of benzene rings is 2. The summed E-state index contributed by atoms with van der Waals surface area (Å²) >= 11 is 11.9. The number of hydrogen-bond donors (Lipinski definition) is 2. The van der Waals surface area contributed by atoms with Crippen molar-refractivity contribution in [2.24, 2.45) is 0 Å². The van der Waals surface area contributed by atoms with Gasteiger partial charge in [0, 0.05) is 17.1 Å². The van der Waals surface area contributed by atoms with E-state index < -0.39 is 5.82 Å². The molecule has 9 heteroatoms. The molecule has 1 aromatic heterocycles. The lowest BCUT2D eigenvalue weighted by Crippen LogP contribution is -2.22. The molecule has 0 amide bonds. The minimum atomic E-state index is -0.548. The Kier molecular flexibility index (Phi) is 6.07. The van der Waals surface area contributed by atoms with Crippen LogP contribution in [-0.4, -0.2) is 24.2 Å². The van der Waals surface area contributed by atoms with Crippen LogP contribution in [0.1, 0.15) is 24.4 Å². The van der Waals surface area contributed by atoms with Crippen molar-refractivity contribution < 1.29 is 13.9 Å². The normalized spacial score (nSPS) is 12.2. The third kappa shape index (κ3) is 4.06. The average molecular weight is 426 g/mol. The summed E-state index contributed by atoms with van der Waals surface area (Å²) in [7, 11) is 3.01. The van der Waals surface area contributed by atoms with Gasteiger partial charge in [-0.25, -0.2) is 9.37 Å². The van der Waals surface area contributed by atoms with Crippen LogP contribution >= 0.6 is 23.2 Å². The van der Waals surface area contributed by atoms with Crippen LogP contribution in [0.3, 0.4) is 0 Å². The molecule has 2 aromatic carbocycles. The molecule has 2 N–H and O–H groups in total. The molecule has 0 aliphatic heterocycles. The number of fused-ring (bicyclic) bond motifs is 1. The van der Waals surface area contributed by atoms with Crippen LogP contribution in [0.25, 0.3) is 10.9 Å². The Hall–Kier alpha value is -2.35. The fourth-order valence-electron chi connectivity index (χ4n) is 2.83. The van der Waals surface area contributed by atoms with Gasteiger partial charge in [0.2, 0.25) is 0 Å². The third-order valence-corrected chi connectivity index (χ3v) is 4.96. The number of aromatic amines is 1. The summed E-state index contributed by atoms with van der Waals surface area (Å²) in [5.41, 5.74) is 0.727. The minimum Gasteiger partial charge on any atom is -0.493 e. The summed E-state index contributed by atoms with van der Waals surface area (Å²) in [4.78, 5) is 19.6. The second-order valence-corrected chi connectivity index (χ2v) is 6.94. The molecule has 0 spiro atoms. The number of H-pyrrole nitrogens is 1. The second-order valence-electron chi connectivity index (χ2n) is 6.13. The summed E-state index contributed by atoms with van der Waals surface area (Å²) < 4.78 is 24.2. The summed E-state index contributed by atoms with van der Waals surface area (Å²) in [5.74, 6) is 0.792. The van der Waals surface area contributed by atoms with Crippen molar-refractivity contribution >= 4 is 34.1 Å². The first-order valence-corrected chi connectivity index (χ1v) is 9.12. The van der Waals surface area contributed by atoms with E-state index in [0.29, 0.717) is 38.8 Å². The summed E-state index contributed by atoms with van der Waals surface area (Å²) in [6, 6.07) is 5.57. The molecule has 0 radical (unpaired) electrons. The highest BCUT2D eigenvalue weighted by Crippen LogP contribution is 2.30. The molecular formula is C19H18Cl2FN3O3. The molecule has 6 nitrogen and oxygen atoms in total. The van der Waals surface area contributed by atoms with Crippen molar-refractivity contribution in [3.63, 3.8) is 0 Å². The Morgan fingerprint density at radius 1 is 1.14 bits per heavy atom. The molecule has 0 aliphatic carbocycles. The van der Waals surface area contributed by atoms with Crippen molar-refractivity contribution in [2.75, 3.05) is 14.2 Å². The molecule has 28 heavy (non-hydrogen) atoms. The summed E-state index contributed by atoms with van der Waals surface area (Å²) in [6.45, 7) is 2.06. The molecule has 0 saturated heterocycles. The number of aromatic nitrogens is 2. The van der Waals surface area contributed by atoms with Crippen molar-refractivity contribution in [1.29, 1.82) is 0 Å². The van der Waals surface area contributed by atoms with E-state index in [9.17, 15) is 9.18 Å². The zero-order valence-corrected chi connectivity index (χ0v) is 16.9. The SMILES string of the molecule is COc1cc2nc(CNC(C)c3cc(F)c(Cl)cc3Cl)[nH]c(=O)c2cc1OC. The predicted molar refractivity (Wildman–Crippen MR) is 107 cm³/mol. The van der Waals surface area contributed by atoms with Gasteiger partial charge in [0.1, 0.15) is 11.6 Å². The van der Waals surface area contributed by atoms with E-state index in [4.69, 9.17) is 32.7 Å². The van der Waals surface area contributed by atoms with E-state index in [1.165, 1.54) is 26.4 Å². The number of methoxy groups -OCH3 is 2. The molecule has 3 rings (SSSR count). The predicted octanol–water partition coefficient (Wildman–Crippen LogP) is 4.24. The van der Waals surface area contributed by atoms with Gasteiger partial charge in [0.25, 0.3) is 5.56 Å². The molecule has 1 unspecified atom stereocenters. The zero-order valence-electron chi connectivity index (χ0n) is 15.4. The van der Waals surface area contributed by atoms with Crippen molar-refractivity contribution in [2.45, 2.75) is 19.5 Å². The van der Waals surface area contributed by atoms with Crippen LogP contribution in [0, 0.1) is 5.82 Å². The maximum Gasteiger partial charge on any atom is 0.258 e. The van der Waals surface area contributed by atoms with Gasteiger partial charge in [-0.15, -0.1) is 0 Å². The fraction of sp³-hybridized carbons (Fsp3) is 0.263. The highest BCUT2D eigenvalue weighted by atomic mass is 35.5. The number of rotatable bonds is 6. The first kappa shape index (κ1) is 20.4. The summed E-state index contributed by atoms with van der Waals surface area (Å²) in [5, 5.41) is 3.86. The molecule has 0 fully saturated rings. The van der Waals surface area contributed by atoms with E-state index in [0.717, 1.165) is 0 Å². The van der Waals surface area contributed by atoms with Crippen LogP contribution in [0.15, 0.2) is 29.1 Å². The summed E-state index contributed by atoms with van der Waals surface area (Å²) in [6.07, 6.45) is 0. The Labute approximate surface area is 170 Å². The number of hydrogen-bond acceptors (Lipinski definition) is 5. The topological polar surface area (TPSA) is 76.2 Å². The van der Waals surface area contributed by atoms with Crippen LogP contribution < -0.4 is 20.3 Å². The number of nitrogens with zero attached hydrogens (tertiary/aromatic N) is 1.